The summed E-state index contributed by atoms with van der Waals surface area (Å²) < 4.78 is 11.5. The summed E-state index contributed by atoms with van der Waals surface area (Å²) in [5, 5.41) is 3.25. The van der Waals surface area contributed by atoms with Crippen LogP contribution in [0.4, 0.5) is 0 Å². The third kappa shape index (κ3) is 3.42. The van der Waals surface area contributed by atoms with Gasteiger partial charge >= 0.3 is 0 Å². The average molecular weight is 228 g/mol. The van der Waals surface area contributed by atoms with Crippen molar-refractivity contribution in [1.29, 1.82) is 0 Å². The molecule has 4 nitrogen and oxygen atoms in total. The van der Waals surface area contributed by atoms with Crippen LogP contribution in [0.2, 0.25) is 0 Å². The minimum atomic E-state index is 0.0912. The van der Waals surface area contributed by atoms with Crippen molar-refractivity contribution in [3.05, 3.63) is 0 Å². The summed E-state index contributed by atoms with van der Waals surface area (Å²) in [5.74, 6) is 0. The zero-order chi connectivity index (χ0) is 11.4. The first kappa shape index (κ1) is 12.3. The van der Waals surface area contributed by atoms with E-state index in [0.717, 1.165) is 52.4 Å². The molecule has 2 heterocycles. The summed E-state index contributed by atoms with van der Waals surface area (Å²) in [7, 11) is 0. The molecular weight excluding hydrogens is 204 g/mol. The number of ether oxygens (including phenoxy) is 2. The second-order valence-corrected chi connectivity index (χ2v) is 5.24. The van der Waals surface area contributed by atoms with Crippen molar-refractivity contribution in [3.8, 4) is 0 Å². The van der Waals surface area contributed by atoms with Gasteiger partial charge in [0.25, 0.3) is 0 Å². The first-order valence-corrected chi connectivity index (χ1v) is 6.37. The fourth-order valence-electron chi connectivity index (χ4n) is 2.28. The Morgan fingerprint density at radius 3 is 3.00 bits per heavy atom. The molecule has 0 aromatic rings. The molecule has 0 radical (unpaired) electrons. The Bertz CT molecular complexity index is 219. The molecule has 0 amide bonds. The van der Waals surface area contributed by atoms with E-state index in [1.807, 2.05) is 0 Å². The average Bonchev–Trinajstić information content (AvgIpc) is 2.40. The van der Waals surface area contributed by atoms with Crippen molar-refractivity contribution in [3.63, 3.8) is 0 Å². The van der Waals surface area contributed by atoms with Gasteiger partial charge in [-0.05, 0) is 20.3 Å². The zero-order valence-electron chi connectivity index (χ0n) is 10.5. The molecule has 0 bridgehead atoms. The SMILES string of the molecule is CC1CN(CCOC2(C)CNC2)CCCO1. The van der Waals surface area contributed by atoms with Gasteiger partial charge < -0.3 is 14.8 Å². The summed E-state index contributed by atoms with van der Waals surface area (Å²) in [6.45, 7) is 11.3. The van der Waals surface area contributed by atoms with E-state index in [9.17, 15) is 0 Å². The van der Waals surface area contributed by atoms with Crippen LogP contribution >= 0.6 is 0 Å². The monoisotopic (exact) mass is 228 g/mol. The largest absolute Gasteiger partial charge is 0.377 e. The lowest BCUT2D eigenvalue weighted by molar-refractivity contribution is -0.0728. The van der Waals surface area contributed by atoms with Gasteiger partial charge in [0.15, 0.2) is 0 Å². The molecule has 0 spiro atoms. The molecule has 2 rings (SSSR count). The molecule has 2 aliphatic heterocycles. The lowest BCUT2D eigenvalue weighted by Crippen LogP contribution is -2.59. The van der Waals surface area contributed by atoms with Gasteiger partial charge in [-0.15, -0.1) is 0 Å². The Morgan fingerprint density at radius 2 is 2.31 bits per heavy atom. The Kier molecular flexibility index (Phi) is 4.19. The van der Waals surface area contributed by atoms with Gasteiger partial charge in [0.1, 0.15) is 0 Å². The Balaban J connectivity index is 1.64. The van der Waals surface area contributed by atoms with Crippen molar-refractivity contribution in [2.45, 2.75) is 32.0 Å². The predicted octanol–water partition coefficient (Wildman–Crippen LogP) is 0.476. The van der Waals surface area contributed by atoms with Crippen LogP contribution in [0.3, 0.4) is 0 Å². The van der Waals surface area contributed by atoms with Crippen LogP contribution < -0.4 is 5.32 Å². The van der Waals surface area contributed by atoms with Gasteiger partial charge in [0.2, 0.25) is 0 Å². The van der Waals surface area contributed by atoms with Crippen molar-refractivity contribution >= 4 is 0 Å². The van der Waals surface area contributed by atoms with Crippen LogP contribution in [-0.2, 0) is 9.47 Å². The van der Waals surface area contributed by atoms with E-state index in [2.05, 4.69) is 24.1 Å². The molecule has 0 saturated carbocycles. The van der Waals surface area contributed by atoms with E-state index >= 15 is 0 Å². The number of rotatable bonds is 4. The number of nitrogens with zero attached hydrogens (tertiary/aromatic N) is 1. The molecular formula is C12H24N2O2. The standard InChI is InChI=1S/C12H24N2O2/c1-11-8-14(4-3-6-15-11)5-7-16-12(2)9-13-10-12/h11,13H,3-10H2,1-2H3. The summed E-state index contributed by atoms with van der Waals surface area (Å²) in [4.78, 5) is 2.45. The number of hydrogen-bond acceptors (Lipinski definition) is 4. The quantitative estimate of drug-likeness (QED) is 0.758. The maximum absolute atomic E-state index is 5.90. The first-order chi connectivity index (χ1) is 7.68. The number of nitrogens with one attached hydrogen (secondary N) is 1. The van der Waals surface area contributed by atoms with E-state index in [-0.39, 0.29) is 5.60 Å². The van der Waals surface area contributed by atoms with Crippen LogP contribution in [0.25, 0.3) is 0 Å². The Labute approximate surface area is 98.3 Å². The molecule has 4 heteroatoms. The molecule has 0 aliphatic carbocycles. The zero-order valence-corrected chi connectivity index (χ0v) is 10.5. The topological polar surface area (TPSA) is 33.7 Å². The summed E-state index contributed by atoms with van der Waals surface area (Å²) in [6.07, 6.45) is 1.51. The normalized spacial score (nSPS) is 30.8. The van der Waals surface area contributed by atoms with Crippen LogP contribution in [-0.4, -0.2) is 62.5 Å². The van der Waals surface area contributed by atoms with Crippen molar-refractivity contribution in [2.75, 3.05) is 45.9 Å². The van der Waals surface area contributed by atoms with E-state index < -0.39 is 0 Å². The van der Waals surface area contributed by atoms with Crippen LogP contribution in [0.5, 0.6) is 0 Å². The molecule has 0 aromatic carbocycles. The van der Waals surface area contributed by atoms with Crippen LogP contribution in [0.1, 0.15) is 20.3 Å². The van der Waals surface area contributed by atoms with Gasteiger partial charge in [0, 0.05) is 39.3 Å². The Hall–Kier alpha value is -0.160. The predicted molar refractivity (Wildman–Crippen MR) is 63.7 cm³/mol. The van der Waals surface area contributed by atoms with Gasteiger partial charge in [-0.3, -0.25) is 4.90 Å². The molecule has 0 aromatic heterocycles. The van der Waals surface area contributed by atoms with E-state index in [4.69, 9.17) is 9.47 Å². The summed E-state index contributed by atoms with van der Waals surface area (Å²) in [6, 6.07) is 0. The highest BCUT2D eigenvalue weighted by Gasteiger charge is 2.32. The maximum atomic E-state index is 5.90. The van der Waals surface area contributed by atoms with Crippen molar-refractivity contribution < 1.29 is 9.47 Å². The second-order valence-electron chi connectivity index (χ2n) is 5.24. The fourth-order valence-corrected chi connectivity index (χ4v) is 2.28. The molecule has 94 valence electrons. The fraction of sp³-hybridized carbons (Fsp3) is 1.00. The lowest BCUT2D eigenvalue weighted by atomic mass is 10.0. The van der Waals surface area contributed by atoms with E-state index in [0.29, 0.717) is 6.10 Å². The lowest BCUT2D eigenvalue weighted by Gasteiger charge is -2.39. The van der Waals surface area contributed by atoms with E-state index in [1.54, 1.807) is 0 Å². The molecule has 2 aliphatic rings. The van der Waals surface area contributed by atoms with Gasteiger partial charge in [-0.1, -0.05) is 0 Å². The molecule has 2 fully saturated rings. The molecule has 2 saturated heterocycles. The minimum absolute atomic E-state index is 0.0912. The molecule has 1 unspecified atom stereocenters. The van der Waals surface area contributed by atoms with Crippen LogP contribution in [0.15, 0.2) is 0 Å². The third-order valence-corrected chi connectivity index (χ3v) is 3.39. The minimum Gasteiger partial charge on any atom is -0.377 e. The van der Waals surface area contributed by atoms with E-state index in [1.165, 1.54) is 0 Å². The first-order valence-electron chi connectivity index (χ1n) is 6.37. The highest BCUT2D eigenvalue weighted by molar-refractivity contribution is 4.90. The van der Waals surface area contributed by atoms with Gasteiger partial charge in [0.05, 0.1) is 18.3 Å². The smallest absolute Gasteiger partial charge is 0.0902 e. The van der Waals surface area contributed by atoms with Crippen LogP contribution in [0, 0.1) is 0 Å². The van der Waals surface area contributed by atoms with Gasteiger partial charge in [-0.2, -0.15) is 0 Å². The molecule has 1 N–H and O–H groups in total. The maximum Gasteiger partial charge on any atom is 0.0902 e. The molecule has 16 heavy (non-hydrogen) atoms. The van der Waals surface area contributed by atoms with Gasteiger partial charge in [-0.25, -0.2) is 0 Å². The summed E-state index contributed by atoms with van der Waals surface area (Å²) >= 11 is 0. The summed E-state index contributed by atoms with van der Waals surface area (Å²) in [5.41, 5.74) is 0.0912. The second kappa shape index (κ2) is 5.45. The Morgan fingerprint density at radius 1 is 1.50 bits per heavy atom. The highest BCUT2D eigenvalue weighted by atomic mass is 16.5. The van der Waals surface area contributed by atoms with Crippen molar-refractivity contribution in [1.82, 2.24) is 10.2 Å². The molecule has 1 atom stereocenters. The number of hydrogen-bond donors (Lipinski definition) is 1. The highest BCUT2D eigenvalue weighted by Crippen LogP contribution is 2.15. The third-order valence-electron chi connectivity index (χ3n) is 3.39. The van der Waals surface area contributed by atoms with Crippen molar-refractivity contribution in [2.24, 2.45) is 0 Å².